The largest absolute Gasteiger partial charge is 0.490 e. The van der Waals surface area contributed by atoms with Gasteiger partial charge in [-0.15, -0.1) is 11.3 Å². The Morgan fingerprint density at radius 1 is 1.17 bits per heavy atom. The number of rotatable bonds is 7. The predicted octanol–water partition coefficient (Wildman–Crippen LogP) is 3.64. The predicted molar refractivity (Wildman–Crippen MR) is 97.2 cm³/mol. The Kier molecular flexibility index (Phi) is 5.36. The third kappa shape index (κ3) is 4.56. The lowest BCUT2D eigenvalue weighted by atomic mass is 10.1. The first kappa shape index (κ1) is 16.5. The van der Waals surface area contributed by atoms with Crippen LogP contribution >= 0.6 is 11.3 Å². The second-order valence-corrected chi connectivity index (χ2v) is 7.70. The van der Waals surface area contributed by atoms with Gasteiger partial charge in [0.1, 0.15) is 11.9 Å². The van der Waals surface area contributed by atoms with E-state index in [1.807, 2.05) is 11.3 Å². The fourth-order valence-corrected chi connectivity index (χ4v) is 3.76. The van der Waals surface area contributed by atoms with Crippen molar-refractivity contribution in [2.24, 2.45) is 0 Å². The van der Waals surface area contributed by atoms with Gasteiger partial charge in [0.2, 0.25) is 0 Å². The molecule has 2 aromatic rings. The van der Waals surface area contributed by atoms with E-state index in [9.17, 15) is 0 Å². The third-order valence-corrected chi connectivity index (χ3v) is 5.05. The molecule has 2 heterocycles. The minimum absolute atomic E-state index is 0.316. The van der Waals surface area contributed by atoms with E-state index in [-0.39, 0.29) is 0 Å². The molecule has 1 aromatic heterocycles. The normalized spacial score (nSPS) is 16.8. The Morgan fingerprint density at radius 3 is 2.78 bits per heavy atom. The Morgan fingerprint density at radius 2 is 2.04 bits per heavy atom. The molecule has 124 valence electrons. The second-order valence-electron chi connectivity index (χ2n) is 6.67. The van der Waals surface area contributed by atoms with Crippen molar-refractivity contribution < 1.29 is 4.74 Å². The van der Waals surface area contributed by atoms with E-state index in [0.717, 1.165) is 38.3 Å². The minimum Gasteiger partial charge on any atom is -0.490 e. The quantitative estimate of drug-likeness (QED) is 0.771. The monoisotopic (exact) mass is 330 g/mol. The average molecular weight is 330 g/mol. The fraction of sp³-hybridized carbons (Fsp3) is 0.474. The maximum atomic E-state index is 5.81. The summed E-state index contributed by atoms with van der Waals surface area (Å²) in [5.74, 6) is 1.07. The van der Waals surface area contributed by atoms with Crippen molar-refractivity contribution in [1.82, 2.24) is 9.80 Å². The number of hydrogen-bond donors (Lipinski definition) is 0. The molecule has 1 atom stereocenters. The van der Waals surface area contributed by atoms with Gasteiger partial charge in [-0.3, -0.25) is 4.90 Å². The summed E-state index contributed by atoms with van der Waals surface area (Å²) >= 11 is 1.84. The zero-order valence-electron chi connectivity index (χ0n) is 14.3. The van der Waals surface area contributed by atoms with Crippen molar-refractivity contribution in [2.75, 3.05) is 27.2 Å². The lowest BCUT2D eigenvalue weighted by Crippen LogP contribution is -2.30. The van der Waals surface area contributed by atoms with Gasteiger partial charge in [0, 0.05) is 37.5 Å². The number of fused-ring (bicyclic) bond motifs is 1. The van der Waals surface area contributed by atoms with Gasteiger partial charge in [-0.1, -0.05) is 18.2 Å². The lowest BCUT2D eigenvalue weighted by Gasteiger charge is -2.24. The number of benzene rings is 1. The molecule has 23 heavy (non-hydrogen) atoms. The molecule has 1 aliphatic heterocycles. The van der Waals surface area contributed by atoms with Crippen molar-refractivity contribution >= 4 is 11.3 Å². The van der Waals surface area contributed by atoms with Crippen LogP contribution in [0.2, 0.25) is 0 Å². The summed E-state index contributed by atoms with van der Waals surface area (Å²) in [6, 6.07) is 11.1. The first-order valence-electron chi connectivity index (χ1n) is 8.28. The molecule has 0 saturated heterocycles. The standard InChI is InChI=1S/C19H26N2OS/c1-15-11-17-12-16(6-7-19(17)22-15)13-21(9-8-20(2)3)14-18-5-4-10-23-18/h4-7,10,12,15H,8-9,11,13-14H2,1-3H3/t15-/m1/s1. The van der Waals surface area contributed by atoms with E-state index >= 15 is 0 Å². The van der Waals surface area contributed by atoms with Gasteiger partial charge in [-0.25, -0.2) is 0 Å². The van der Waals surface area contributed by atoms with Crippen LogP contribution in [0.1, 0.15) is 22.9 Å². The van der Waals surface area contributed by atoms with Crippen LogP contribution in [0.4, 0.5) is 0 Å². The molecule has 0 saturated carbocycles. The zero-order valence-corrected chi connectivity index (χ0v) is 15.1. The van der Waals surface area contributed by atoms with E-state index in [4.69, 9.17) is 4.74 Å². The summed E-state index contributed by atoms with van der Waals surface area (Å²) in [4.78, 5) is 6.22. The van der Waals surface area contributed by atoms with E-state index in [2.05, 4.69) is 66.5 Å². The van der Waals surface area contributed by atoms with E-state index in [0.29, 0.717) is 6.10 Å². The van der Waals surface area contributed by atoms with E-state index in [1.165, 1.54) is 16.0 Å². The highest BCUT2D eigenvalue weighted by molar-refractivity contribution is 7.09. The Hall–Kier alpha value is -1.36. The number of thiophene rings is 1. The molecule has 0 fully saturated rings. The zero-order chi connectivity index (χ0) is 16.2. The molecule has 0 radical (unpaired) electrons. The highest BCUT2D eigenvalue weighted by Crippen LogP contribution is 2.29. The molecule has 0 bridgehead atoms. The SMILES string of the molecule is C[C@@H]1Cc2cc(CN(CCN(C)C)Cc3cccs3)ccc2O1. The summed E-state index contributed by atoms with van der Waals surface area (Å²) in [5, 5.41) is 2.16. The Bertz CT molecular complexity index is 624. The van der Waals surface area contributed by atoms with Crippen molar-refractivity contribution in [3.63, 3.8) is 0 Å². The van der Waals surface area contributed by atoms with Crippen molar-refractivity contribution in [2.45, 2.75) is 32.5 Å². The first-order valence-corrected chi connectivity index (χ1v) is 9.16. The molecule has 0 amide bonds. The van der Waals surface area contributed by atoms with Crippen LogP contribution in [-0.4, -0.2) is 43.1 Å². The minimum atomic E-state index is 0.316. The maximum absolute atomic E-state index is 5.81. The summed E-state index contributed by atoms with van der Waals surface area (Å²) < 4.78 is 5.81. The molecular weight excluding hydrogens is 304 g/mol. The lowest BCUT2D eigenvalue weighted by molar-refractivity contribution is 0.228. The molecule has 0 aliphatic carbocycles. The van der Waals surface area contributed by atoms with Crippen LogP contribution in [0.25, 0.3) is 0 Å². The van der Waals surface area contributed by atoms with Crippen LogP contribution in [0.15, 0.2) is 35.7 Å². The molecule has 1 aliphatic rings. The smallest absolute Gasteiger partial charge is 0.123 e. The highest BCUT2D eigenvalue weighted by atomic mass is 32.1. The summed E-state index contributed by atoms with van der Waals surface area (Å²) in [6.07, 6.45) is 1.35. The third-order valence-electron chi connectivity index (χ3n) is 4.19. The van der Waals surface area contributed by atoms with Crippen LogP contribution < -0.4 is 4.74 Å². The number of nitrogens with zero attached hydrogens (tertiary/aromatic N) is 2. The molecule has 3 nitrogen and oxygen atoms in total. The summed E-state index contributed by atoms with van der Waals surface area (Å²) in [7, 11) is 4.27. The molecule has 3 rings (SSSR count). The Labute approximate surface area is 143 Å². The van der Waals surface area contributed by atoms with Gasteiger partial charge in [0.05, 0.1) is 0 Å². The topological polar surface area (TPSA) is 15.7 Å². The van der Waals surface area contributed by atoms with E-state index in [1.54, 1.807) is 0 Å². The molecule has 4 heteroatoms. The molecule has 0 N–H and O–H groups in total. The molecule has 0 unspecified atom stereocenters. The van der Waals surface area contributed by atoms with Crippen LogP contribution in [-0.2, 0) is 19.5 Å². The molecule has 0 spiro atoms. The van der Waals surface area contributed by atoms with Gasteiger partial charge < -0.3 is 9.64 Å². The maximum Gasteiger partial charge on any atom is 0.123 e. The average Bonchev–Trinajstić information content (AvgIpc) is 3.12. The molecular formula is C19H26N2OS. The van der Waals surface area contributed by atoms with Crippen LogP contribution in [0.5, 0.6) is 5.75 Å². The summed E-state index contributed by atoms with van der Waals surface area (Å²) in [5.41, 5.74) is 2.75. The fourth-order valence-electron chi connectivity index (χ4n) is 3.01. The van der Waals surface area contributed by atoms with Gasteiger partial charge >= 0.3 is 0 Å². The molecule has 1 aromatic carbocycles. The number of ether oxygens (including phenoxy) is 1. The van der Waals surface area contributed by atoms with Crippen LogP contribution in [0.3, 0.4) is 0 Å². The van der Waals surface area contributed by atoms with Crippen molar-refractivity contribution in [3.05, 3.63) is 51.7 Å². The van der Waals surface area contributed by atoms with Crippen molar-refractivity contribution in [1.29, 1.82) is 0 Å². The van der Waals surface area contributed by atoms with Crippen molar-refractivity contribution in [3.8, 4) is 5.75 Å². The van der Waals surface area contributed by atoms with Crippen LogP contribution in [0, 0.1) is 0 Å². The second kappa shape index (κ2) is 7.47. The van der Waals surface area contributed by atoms with Gasteiger partial charge in [-0.2, -0.15) is 0 Å². The Balaban J connectivity index is 1.68. The highest BCUT2D eigenvalue weighted by Gasteiger charge is 2.19. The first-order chi connectivity index (χ1) is 11.1. The van der Waals surface area contributed by atoms with E-state index < -0.39 is 0 Å². The number of likely N-dealkylation sites (N-methyl/N-ethyl adjacent to an activating group) is 1. The summed E-state index contributed by atoms with van der Waals surface area (Å²) in [6.45, 7) is 6.31. The number of hydrogen-bond acceptors (Lipinski definition) is 4. The van der Waals surface area contributed by atoms with Gasteiger partial charge in [-0.05, 0) is 49.7 Å². The van der Waals surface area contributed by atoms with Gasteiger partial charge in [0.25, 0.3) is 0 Å². The van der Waals surface area contributed by atoms with Gasteiger partial charge in [0.15, 0.2) is 0 Å².